The SMILES string of the molecule is Nc1nc(-c2ccc3c(c2)OCCO3)cn1N. The predicted molar refractivity (Wildman–Crippen MR) is 63.2 cm³/mol. The third-order valence-corrected chi connectivity index (χ3v) is 2.60. The molecule has 0 atom stereocenters. The van der Waals surface area contributed by atoms with E-state index in [-0.39, 0.29) is 5.95 Å². The Balaban J connectivity index is 2.03. The van der Waals surface area contributed by atoms with Gasteiger partial charge in [-0.1, -0.05) is 0 Å². The van der Waals surface area contributed by atoms with Crippen LogP contribution < -0.4 is 21.1 Å². The number of ether oxygens (including phenoxy) is 2. The summed E-state index contributed by atoms with van der Waals surface area (Å²) in [5.41, 5.74) is 7.19. The number of aromatic nitrogens is 2. The molecule has 0 saturated carbocycles. The molecule has 2 heterocycles. The van der Waals surface area contributed by atoms with Crippen molar-refractivity contribution in [2.75, 3.05) is 24.8 Å². The summed E-state index contributed by atoms with van der Waals surface area (Å²) >= 11 is 0. The quantitative estimate of drug-likeness (QED) is 0.703. The zero-order valence-corrected chi connectivity index (χ0v) is 9.09. The van der Waals surface area contributed by atoms with Crippen LogP contribution in [0.4, 0.5) is 5.95 Å². The lowest BCUT2D eigenvalue weighted by atomic mass is 10.1. The van der Waals surface area contributed by atoms with Gasteiger partial charge in [0.15, 0.2) is 11.5 Å². The van der Waals surface area contributed by atoms with Gasteiger partial charge in [0.1, 0.15) is 13.2 Å². The molecule has 6 nitrogen and oxygen atoms in total. The first-order valence-electron chi connectivity index (χ1n) is 5.24. The fourth-order valence-corrected chi connectivity index (χ4v) is 1.75. The maximum Gasteiger partial charge on any atom is 0.219 e. The number of fused-ring (bicyclic) bond motifs is 1. The lowest BCUT2D eigenvalue weighted by molar-refractivity contribution is 0.171. The lowest BCUT2D eigenvalue weighted by Gasteiger charge is -2.18. The van der Waals surface area contributed by atoms with E-state index < -0.39 is 0 Å². The second-order valence-electron chi connectivity index (χ2n) is 3.75. The molecule has 0 spiro atoms. The minimum Gasteiger partial charge on any atom is -0.486 e. The molecule has 0 saturated heterocycles. The van der Waals surface area contributed by atoms with Crippen LogP contribution in [0.5, 0.6) is 11.5 Å². The molecule has 0 bridgehead atoms. The molecule has 0 radical (unpaired) electrons. The summed E-state index contributed by atoms with van der Waals surface area (Å²) in [6.45, 7) is 1.14. The Morgan fingerprint density at radius 2 is 1.94 bits per heavy atom. The zero-order chi connectivity index (χ0) is 11.8. The van der Waals surface area contributed by atoms with E-state index >= 15 is 0 Å². The van der Waals surface area contributed by atoms with Crippen LogP contribution in [0, 0.1) is 0 Å². The van der Waals surface area contributed by atoms with Crippen molar-refractivity contribution >= 4 is 5.95 Å². The third-order valence-electron chi connectivity index (χ3n) is 2.60. The fourth-order valence-electron chi connectivity index (χ4n) is 1.75. The van der Waals surface area contributed by atoms with Gasteiger partial charge in [-0.25, -0.2) is 9.66 Å². The average Bonchev–Trinajstić information content (AvgIpc) is 2.69. The van der Waals surface area contributed by atoms with Gasteiger partial charge in [-0.05, 0) is 18.2 Å². The van der Waals surface area contributed by atoms with Crippen LogP contribution in [0.1, 0.15) is 0 Å². The molecular formula is C11H12N4O2. The van der Waals surface area contributed by atoms with Crippen LogP contribution in [0.2, 0.25) is 0 Å². The molecule has 0 fully saturated rings. The highest BCUT2D eigenvalue weighted by molar-refractivity contribution is 5.65. The molecule has 88 valence electrons. The van der Waals surface area contributed by atoms with Gasteiger partial charge in [-0.3, -0.25) is 0 Å². The minimum atomic E-state index is 0.273. The minimum absolute atomic E-state index is 0.273. The van der Waals surface area contributed by atoms with E-state index in [0.717, 1.165) is 17.1 Å². The highest BCUT2D eigenvalue weighted by Crippen LogP contribution is 2.34. The van der Waals surface area contributed by atoms with Crippen molar-refractivity contribution in [1.29, 1.82) is 0 Å². The Kier molecular flexibility index (Phi) is 2.07. The maximum absolute atomic E-state index is 5.59. The largest absolute Gasteiger partial charge is 0.486 e. The van der Waals surface area contributed by atoms with E-state index in [4.69, 9.17) is 21.1 Å². The van der Waals surface area contributed by atoms with Crippen LogP contribution in [-0.2, 0) is 0 Å². The molecule has 0 amide bonds. The van der Waals surface area contributed by atoms with Crippen molar-refractivity contribution in [2.24, 2.45) is 0 Å². The van der Waals surface area contributed by atoms with Gasteiger partial charge in [-0.2, -0.15) is 0 Å². The molecule has 0 aliphatic carbocycles. The summed E-state index contributed by atoms with van der Waals surface area (Å²) in [6.07, 6.45) is 1.67. The molecule has 1 aromatic heterocycles. The Bertz CT molecular complexity index is 545. The average molecular weight is 232 g/mol. The normalized spacial score (nSPS) is 13.6. The number of rotatable bonds is 1. The van der Waals surface area contributed by atoms with Gasteiger partial charge in [0.05, 0.1) is 11.9 Å². The molecule has 4 N–H and O–H groups in total. The lowest BCUT2D eigenvalue weighted by Crippen LogP contribution is -2.15. The molecule has 0 unspecified atom stereocenters. The first kappa shape index (κ1) is 9.83. The van der Waals surface area contributed by atoms with E-state index in [1.807, 2.05) is 18.2 Å². The van der Waals surface area contributed by atoms with Crippen molar-refractivity contribution < 1.29 is 9.47 Å². The van der Waals surface area contributed by atoms with Crippen molar-refractivity contribution in [3.05, 3.63) is 24.4 Å². The van der Waals surface area contributed by atoms with Gasteiger partial charge in [0, 0.05) is 5.56 Å². The van der Waals surface area contributed by atoms with E-state index in [9.17, 15) is 0 Å². The number of hydrogen-bond donors (Lipinski definition) is 2. The van der Waals surface area contributed by atoms with Crippen LogP contribution in [-0.4, -0.2) is 22.9 Å². The van der Waals surface area contributed by atoms with Crippen LogP contribution in [0.25, 0.3) is 11.3 Å². The van der Waals surface area contributed by atoms with Gasteiger partial charge >= 0.3 is 0 Å². The van der Waals surface area contributed by atoms with Crippen molar-refractivity contribution in [1.82, 2.24) is 9.66 Å². The molecule has 3 rings (SSSR count). The Morgan fingerprint density at radius 1 is 1.18 bits per heavy atom. The molecule has 2 aromatic rings. The van der Waals surface area contributed by atoms with E-state index in [1.165, 1.54) is 4.68 Å². The summed E-state index contributed by atoms with van der Waals surface area (Å²) < 4.78 is 12.2. The van der Waals surface area contributed by atoms with Crippen molar-refractivity contribution in [3.63, 3.8) is 0 Å². The Hall–Kier alpha value is -2.37. The molecule has 1 aliphatic heterocycles. The van der Waals surface area contributed by atoms with Crippen molar-refractivity contribution in [3.8, 4) is 22.8 Å². The highest BCUT2D eigenvalue weighted by Gasteiger charge is 2.13. The number of nitrogen functional groups attached to an aromatic ring is 2. The number of benzene rings is 1. The topological polar surface area (TPSA) is 88.3 Å². The van der Waals surface area contributed by atoms with Crippen LogP contribution in [0.3, 0.4) is 0 Å². The number of nitrogens with two attached hydrogens (primary N) is 2. The fraction of sp³-hybridized carbons (Fsp3) is 0.182. The number of hydrogen-bond acceptors (Lipinski definition) is 5. The number of imidazole rings is 1. The van der Waals surface area contributed by atoms with Gasteiger partial charge in [-0.15, -0.1) is 0 Å². The van der Waals surface area contributed by atoms with Crippen LogP contribution >= 0.6 is 0 Å². The van der Waals surface area contributed by atoms with E-state index in [0.29, 0.717) is 18.9 Å². The van der Waals surface area contributed by atoms with Gasteiger partial charge in [0.2, 0.25) is 5.95 Å². The standard InChI is InChI=1S/C11H12N4O2/c12-11-14-8(6-15(11)13)7-1-2-9-10(5-7)17-4-3-16-9/h1-2,5-6H,3-4,13H2,(H2,12,14). The first-order chi connectivity index (χ1) is 8.24. The monoisotopic (exact) mass is 232 g/mol. The molecule has 1 aromatic carbocycles. The smallest absolute Gasteiger partial charge is 0.219 e. The summed E-state index contributed by atoms with van der Waals surface area (Å²) in [5, 5.41) is 0. The first-order valence-corrected chi connectivity index (χ1v) is 5.24. The molecule has 1 aliphatic rings. The van der Waals surface area contributed by atoms with Gasteiger partial charge in [0.25, 0.3) is 0 Å². The second kappa shape index (κ2) is 3.58. The van der Waals surface area contributed by atoms with Crippen LogP contribution in [0.15, 0.2) is 24.4 Å². The summed E-state index contributed by atoms with van der Waals surface area (Å²) in [7, 11) is 0. The van der Waals surface area contributed by atoms with Crippen molar-refractivity contribution in [2.45, 2.75) is 0 Å². The zero-order valence-electron chi connectivity index (χ0n) is 9.09. The summed E-state index contributed by atoms with van der Waals surface area (Å²) in [4.78, 5) is 4.15. The summed E-state index contributed by atoms with van der Waals surface area (Å²) in [5.74, 6) is 7.33. The Labute approximate surface area is 97.7 Å². The van der Waals surface area contributed by atoms with E-state index in [2.05, 4.69) is 4.98 Å². The Morgan fingerprint density at radius 3 is 2.65 bits per heavy atom. The number of nitrogens with zero attached hydrogens (tertiary/aromatic N) is 2. The second-order valence-corrected chi connectivity index (χ2v) is 3.75. The molecule has 17 heavy (non-hydrogen) atoms. The highest BCUT2D eigenvalue weighted by atomic mass is 16.6. The number of anilines is 1. The summed E-state index contributed by atoms with van der Waals surface area (Å²) in [6, 6.07) is 5.63. The predicted octanol–water partition coefficient (Wildman–Crippen LogP) is 0.617. The maximum atomic E-state index is 5.59. The van der Waals surface area contributed by atoms with E-state index in [1.54, 1.807) is 6.20 Å². The molecule has 6 heteroatoms. The van der Waals surface area contributed by atoms with Gasteiger partial charge < -0.3 is 21.1 Å². The molecular weight excluding hydrogens is 220 g/mol. The third kappa shape index (κ3) is 1.63.